The Kier molecular flexibility index (Phi) is 8.73. The van der Waals surface area contributed by atoms with Gasteiger partial charge in [-0.25, -0.2) is 9.67 Å². The van der Waals surface area contributed by atoms with Crippen LogP contribution in [0.5, 0.6) is 0 Å². The van der Waals surface area contributed by atoms with E-state index in [-0.39, 0.29) is 24.0 Å². The van der Waals surface area contributed by atoms with Gasteiger partial charge in [-0.2, -0.15) is 5.10 Å². The largest absolute Gasteiger partial charge is 0.356 e. The number of hydrogen-bond donors (Lipinski definition) is 2. The van der Waals surface area contributed by atoms with Crippen LogP contribution < -0.4 is 10.6 Å². The van der Waals surface area contributed by atoms with Gasteiger partial charge < -0.3 is 10.6 Å². The molecule has 0 aliphatic rings. The Labute approximate surface area is 181 Å². The van der Waals surface area contributed by atoms with Crippen LogP contribution in [0.1, 0.15) is 17.4 Å². The van der Waals surface area contributed by atoms with E-state index in [1.165, 1.54) is 4.88 Å². The van der Waals surface area contributed by atoms with Gasteiger partial charge >= 0.3 is 0 Å². The smallest absolute Gasteiger partial charge is 0.191 e. The van der Waals surface area contributed by atoms with Gasteiger partial charge in [-0.05, 0) is 47.5 Å². The van der Waals surface area contributed by atoms with Gasteiger partial charge in [0.05, 0.1) is 0 Å². The van der Waals surface area contributed by atoms with Crippen molar-refractivity contribution in [3.8, 4) is 5.82 Å². The highest BCUT2D eigenvalue weighted by molar-refractivity contribution is 14.0. The summed E-state index contributed by atoms with van der Waals surface area (Å²) in [7, 11) is 1.79. The zero-order valence-electron chi connectivity index (χ0n) is 15.5. The predicted molar refractivity (Wildman–Crippen MR) is 122 cm³/mol. The molecule has 3 aromatic heterocycles. The van der Waals surface area contributed by atoms with Crippen molar-refractivity contribution in [1.29, 1.82) is 0 Å². The third-order valence-corrected chi connectivity index (χ3v) is 4.88. The fourth-order valence-corrected chi connectivity index (χ4v) is 3.49. The summed E-state index contributed by atoms with van der Waals surface area (Å²) >= 11 is 1.81. The minimum absolute atomic E-state index is 0. The molecular formula is C19H25IN6S. The zero-order chi connectivity index (χ0) is 18.2. The van der Waals surface area contributed by atoms with Gasteiger partial charge in [0.25, 0.3) is 0 Å². The summed E-state index contributed by atoms with van der Waals surface area (Å²) in [5, 5.41) is 13.1. The molecule has 0 fully saturated rings. The van der Waals surface area contributed by atoms with Crippen molar-refractivity contribution in [2.45, 2.75) is 19.9 Å². The standard InChI is InChI=1S/C19H24N6S.HI/c1-15(11-17-5-3-10-26-17)13-22-19(20-2)23-14-16-6-8-21-18(12-16)25-9-4-7-24-25;/h3-10,12,15H,11,13-14H2,1-2H3,(H2,20,22,23);1H. The van der Waals surface area contributed by atoms with E-state index in [1.807, 2.05) is 35.7 Å². The molecule has 0 aliphatic heterocycles. The van der Waals surface area contributed by atoms with Crippen molar-refractivity contribution < 1.29 is 0 Å². The quantitative estimate of drug-likeness (QED) is 0.299. The summed E-state index contributed by atoms with van der Waals surface area (Å²) < 4.78 is 1.75. The van der Waals surface area contributed by atoms with Gasteiger partial charge in [-0.1, -0.05) is 13.0 Å². The normalized spacial score (nSPS) is 12.3. The Morgan fingerprint density at radius 3 is 2.85 bits per heavy atom. The molecular weight excluding hydrogens is 471 g/mol. The molecule has 0 aliphatic carbocycles. The Bertz CT molecular complexity index is 817. The van der Waals surface area contributed by atoms with Crippen molar-refractivity contribution in [1.82, 2.24) is 25.4 Å². The molecule has 2 N–H and O–H groups in total. The van der Waals surface area contributed by atoms with Crippen LogP contribution in [0, 0.1) is 5.92 Å². The number of aliphatic imine (C=N–C) groups is 1. The summed E-state index contributed by atoms with van der Waals surface area (Å²) in [6.07, 6.45) is 6.51. The molecule has 0 radical (unpaired) electrons. The van der Waals surface area contributed by atoms with Crippen LogP contribution in [0.2, 0.25) is 0 Å². The van der Waals surface area contributed by atoms with Gasteiger partial charge in [0.2, 0.25) is 0 Å². The molecule has 1 unspecified atom stereocenters. The minimum Gasteiger partial charge on any atom is -0.356 e. The van der Waals surface area contributed by atoms with Crippen LogP contribution >= 0.6 is 35.3 Å². The number of rotatable bonds is 7. The summed E-state index contributed by atoms with van der Waals surface area (Å²) in [6, 6.07) is 10.2. The van der Waals surface area contributed by atoms with E-state index in [0.717, 1.165) is 30.3 Å². The molecule has 0 aromatic carbocycles. The maximum atomic E-state index is 4.35. The molecule has 144 valence electrons. The number of nitrogens with one attached hydrogen (secondary N) is 2. The van der Waals surface area contributed by atoms with E-state index >= 15 is 0 Å². The van der Waals surface area contributed by atoms with E-state index in [9.17, 15) is 0 Å². The van der Waals surface area contributed by atoms with Crippen LogP contribution in [0.15, 0.2) is 59.3 Å². The lowest BCUT2D eigenvalue weighted by molar-refractivity contribution is 0.562. The van der Waals surface area contributed by atoms with Gasteiger partial charge in [-0.3, -0.25) is 4.99 Å². The number of nitrogens with zero attached hydrogens (tertiary/aromatic N) is 4. The molecule has 0 saturated carbocycles. The molecule has 0 saturated heterocycles. The topological polar surface area (TPSA) is 67.1 Å². The highest BCUT2D eigenvalue weighted by Crippen LogP contribution is 2.13. The van der Waals surface area contributed by atoms with Crippen molar-refractivity contribution in [2.75, 3.05) is 13.6 Å². The van der Waals surface area contributed by atoms with E-state index in [4.69, 9.17) is 0 Å². The maximum Gasteiger partial charge on any atom is 0.191 e. The molecule has 27 heavy (non-hydrogen) atoms. The number of guanidine groups is 1. The average Bonchev–Trinajstić information content (AvgIpc) is 3.36. The number of thiophene rings is 1. The van der Waals surface area contributed by atoms with Crippen LogP contribution in [0.4, 0.5) is 0 Å². The molecule has 3 aromatic rings. The zero-order valence-corrected chi connectivity index (χ0v) is 18.6. The van der Waals surface area contributed by atoms with Gasteiger partial charge in [-0.15, -0.1) is 35.3 Å². The molecule has 6 nitrogen and oxygen atoms in total. The second kappa shape index (κ2) is 11.0. The second-order valence-corrected chi connectivity index (χ2v) is 7.20. The summed E-state index contributed by atoms with van der Waals surface area (Å²) in [5.74, 6) is 2.15. The van der Waals surface area contributed by atoms with Gasteiger partial charge in [0.15, 0.2) is 11.8 Å². The number of halogens is 1. The first-order valence-corrected chi connectivity index (χ1v) is 9.54. The van der Waals surface area contributed by atoms with Crippen LogP contribution in [-0.4, -0.2) is 34.3 Å². The average molecular weight is 496 g/mol. The summed E-state index contributed by atoms with van der Waals surface area (Å²) in [5.41, 5.74) is 1.13. The molecule has 0 amide bonds. The van der Waals surface area contributed by atoms with E-state index < -0.39 is 0 Å². The molecule has 0 bridgehead atoms. The lowest BCUT2D eigenvalue weighted by Gasteiger charge is -2.16. The highest BCUT2D eigenvalue weighted by atomic mass is 127. The molecule has 3 heterocycles. The predicted octanol–water partition coefficient (Wildman–Crippen LogP) is 3.49. The van der Waals surface area contributed by atoms with Crippen molar-refractivity contribution in [3.63, 3.8) is 0 Å². The van der Waals surface area contributed by atoms with E-state index in [0.29, 0.717) is 12.5 Å². The summed E-state index contributed by atoms with van der Waals surface area (Å²) in [6.45, 7) is 3.81. The highest BCUT2D eigenvalue weighted by Gasteiger charge is 2.07. The van der Waals surface area contributed by atoms with Crippen LogP contribution in [-0.2, 0) is 13.0 Å². The molecule has 1 atom stereocenters. The Balaban J connectivity index is 0.00000261. The van der Waals surface area contributed by atoms with Crippen LogP contribution in [0.3, 0.4) is 0 Å². The second-order valence-electron chi connectivity index (χ2n) is 6.17. The van der Waals surface area contributed by atoms with Gasteiger partial charge in [0, 0.05) is 43.6 Å². The monoisotopic (exact) mass is 496 g/mol. The Hall–Kier alpha value is -1.94. The van der Waals surface area contributed by atoms with Gasteiger partial charge in [0.1, 0.15) is 0 Å². The van der Waals surface area contributed by atoms with Crippen molar-refractivity contribution >= 4 is 41.3 Å². The first-order valence-electron chi connectivity index (χ1n) is 8.66. The SMILES string of the molecule is CN=C(NCc1ccnc(-n2cccn2)c1)NCC(C)Cc1cccs1.I. The molecule has 3 rings (SSSR count). The van der Waals surface area contributed by atoms with E-state index in [2.05, 4.69) is 50.1 Å². The number of hydrogen-bond acceptors (Lipinski definition) is 4. The van der Waals surface area contributed by atoms with Crippen molar-refractivity contribution in [2.24, 2.45) is 10.9 Å². The maximum absolute atomic E-state index is 4.35. The lowest BCUT2D eigenvalue weighted by Crippen LogP contribution is -2.39. The molecule has 8 heteroatoms. The van der Waals surface area contributed by atoms with Crippen LogP contribution in [0.25, 0.3) is 5.82 Å². The summed E-state index contributed by atoms with van der Waals surface area (Å²) in [4.78, 5) is 10.1. The first kappa shape index (κ1) is 21.4. The lowest BCUT2D eigenvalue weighted by atomic mass is 10.1. The van der Waals surface area contributed by atoms with Crippen molar-refractivity contribution in [3.05, 3.63) is 64.7 Å². The first-order chi connectivity index (χ1) is 12.7. The number of pyridine rings is 1. The Morgan fingerprint density at radius 2 is 2.15 bits per heavy atom. The third-order valence-electron chi connectivity index (χ3n) is 3.98. The fourth-order valence-electron chi connectivity index (χ4n) is 2.62. The van der Waals surface area contributed by atoms with E-state index in [1.54, 1.807) is 24.1 Å². The third kappa shape index (κ3) is 6.62. The number of aromatic nitrogens is 3. The Morgan fingerprint density at radius 1 is 1.26 bits per heavy atom. The molecule has 0 spiro atoms. The fraction of sp³-hybridized carbons (Fsp3) is 0.316. The minimum atomic E-state index is 0.